The second-order valence-corrected chi connectivity index (χ2v) is 5.97. The maximum atomic E-state index is 11.9. The lowest BCUT2D eigenvalue weighted by Gasteiger charge is -2.08. The van der Waals surface area contributed by atoms with E-state index in [2.05, 4.69) is 0 Å². The molecule has 0 unspecified atom stereocenters. The molecule has 0 radical (unpaired) electrons. The summed E-state index contributed by atoms with van der Waals surface area (Å²) in [6.07, 6.45) is 0. The number of thiophene rings is 1. The molecule has 8 heteroatoms. The van der Waals surface area contributed by atoms with E-state index in [0.717, 1.165) is 6.07 Å². The standard InChI is InChI=1S/C13H7IN2O4S/c14-9-4-8(6-15)5-10(16(18)19)13(9)20-7-11(17)12-2-1-3-21-12/h1-5H,7H2. The number of hydrogen-bond donors (Lipinski definition) is 0. The van der Waals surface area contributed by atoms with Crippen molar-refractivity contribution in [3.63, 3.8) is 0 Å². The molecule has 0 saturated carbocycles. The Morgan fingerprint density at radius 3 is 2.86 bits per heavy atom. The van der Waals surface area contributed by atoms with Crippen LogP contribution in [0.25, 0.3) is 0 Å². The second kappa shape index (κ2) is 6.64. The molecule has 2 aromatic rings. The Labute approximate surface area is 137 Å². The molecule has 1 heterocycles. The fourth-order valence-corrected chi connectivity index (χ4v) is 2.99. The minimum atomic E-state index is -0.631. The summed E-state index contributed by atoms with van der Waals surface area (Å²) in [5, 5.41) is 21.6. The van der Waals surface area contributed by atoms with Crippen molar-refractivity contribution in [3.05, 3.63) is 53.8 Å². The van der Waals surface area contributed by atoms with Gasteiger partial charge in [0, 0.05) is 6.07 Å². The van der Waals surface area contributed by atoms with Gasteiger partial charge in [0.05, 0.1) is 25.0 Å². The van der Waals surface area contributed by atoms with E-state index in [-0.39, 0.29) is 29.4 Å². The van der Waals surface area contributed by atoms with E-state index in [1.165, 1.54) is 17.4 Å². The molecule has 0 spiro atoms. The summed E-state index contributed by atoms with van der Waals surface area (Å²) in [7, 11) is 0. The lowest BCUT2D eigenvalue weighted by Crippen LogP contribution is -2.12. The molecule has 0 fully saturated rings. The zero-order chi connectivity index (χ0) is 15.4. The molecule has 0 aliphatic heterocycles. The van der Waals surface area contributed by atoms with Crippen LogP contribution in [0.3, 0.4) is 0 Å². The first-order chi connectivity index (χ1) is 10.0. The highest BCUT2D eigenvalue weighted by atomic mass is 127. The number of Topliss-reactive ketones (excluding diaryl/α,β-unsaturated/α-hetero) is 1. The van der Waals surface area contributed by atoms with E-state index in [9.17, 15) is 14.9 Å². The van der Waals surface area contributed by atoms with Gasteiger partial charge in [-0.2, -0.15) is 5.26 Å². The maximum absolute atomic E-state index is 11.9. The van der Waals surface area contributed by atoms with Crippen LogP contribution in [0.15, 0.2) is 29.6 Å². The van der Waals surface area contributed by atoms with Crippen LogP contribution in [-0.2, 0) is 0 Å². The van der Waals surface area contributed by atoms with Crippen LogP contribution in [-0.4, -0.2) is 17.3 Å². The SMILES string of the molecule is N#Cc1cc(I)c(OCC(=O)c2cccs2)c([N+](=O)[O-])c1. The lowest BCUT2D eigenvalue weighted by molar-refractivity contribution is -0.385. The van der Waals surface area contributed by atoms with Crippen molar-refractivity contribution in [2.45, 2.75) is 0 Å². The number of hydrogen-bond acceptors (Lipinski definition) is 6. The van der Waals surface area contributed by atoms with Crippen LogP contribution in [0.2, 0.25) is 0 Å². The molecule has 0 aliphatic rings. The topological polar surface area (TPSA) is 93.2 Å². The number of halogens is 1. The summed E-state index contributed by atoms with van der Waals surface area (Å²) in [5.74, 6) is -0.246. The summed E-state index contributed by atoms with van der Waals surface area (Å²) in [4.78, 5) is 22.8. The molecule has 6 nitrogen and oxygen atoms in total. The van der Waals surface area contributed by atoms with Gasteiger partial charge in [-0.25, -0.2) is 0 Å². The highest BCUT2D eigenvalue weighted by Crippen LogP contribution is 2.33. The van der Waals surface area contributed by atoms with Crippen molar-refractivity contribution in [3.8, 4) is 11.8 Å². The number of nitro groups is 1. The van der Waals surface area contributed by atoms with Gasteiger partial charge in [0.15, 0.2) is 6.61 Å². The van der Waals surface area contributed by atoms with Crippen LogP contribution >= 0.6 is 33.9 Å². The molecule has 0 bridgehead atoms. The largest absolute Gasteiger partial charge is 0.478 e. The smallest absolute Gasteiger partial charge is 0.313 e. The van der Waals surface area contributed by atoms with E-state index >= 15 is 0 Å². The zero-order valence-electron chi connectivity index (χ0n) is 10.4. The Bertz CT molecular complexity index is 737. The fraction of sp³-hybridized carbons (Fsp3) is 0.0769. The highest BCUT2D eigenvalue weighted by molar-refractivity contribution is 14.1. The van der Waals surface area contributed by atoms with Gasteiger partial charge in [0.25, 0.3) is 0 Å². The Kier molecular flexibility index (Phi) is 4.87. The van der Waals surface area contributed by atoms with E-state index in [4.69, 9.17) is 10.00 Å². The van der Waals surface area contributed by atoms with Crippen LogP contribution in [0.5, 0.6) is 5.75 Å². The summed E-state index contributed by atoms with van der Waals surface area (Å²) in [5.41, 5.74) is -0.152. The van der Waals surface area contributed by atoms with Gasteiger partial charge in [-0.15, -0.1) is 11.3 Å². The molecule has 0 N–H and O–H groups in total. The van der Waals surface area contributed by atoms with Crippen LogP contribution < -0.4 is 4.74 Å². The minimum absolute atomic E-state index is 0.00417. The van der Waals surface area contributed by atoms with Crippen LogP contribution in [0.1, 0.15) is 15.2 Å². The fourth-order valence-electron chi connectivity index (χ4n) is 1.57. The molecule has 21 heavy (non-hydrogen) atoms. The number of benzene rings is 1. The Morgan fingerprint density at radius 1 is 1.52 bits per heavy atom. The normalized spacial score (nSPS) is 9.90. The van der Waals surface area contributed by atoms with E-state index in [1.54, 1.807) is 17.5 Å². The molecule has 0 saturated heterocycles. The molecule has 0 aliphatic carbocycles. The van der Waals surface area contributed by atoms with Crippen molar-refractivity contribution in [2.24, 2.45) is 0 Å². The average molecular weight is 414 g/mol. The number of nitriles is 1. The average Bonchev–Trinajstić information content (AvgIpc) is 2.98. The number of nitro benzene ring substituents is 1. The zero-order valence-corrected chi connectivity index (χ0v) is 13.4. The molecular formula is C13H7IN2O4S. The van der Waals surface area contributed by atoms with Crippen molar-refractivity contribution < 1.29 is 14.5 Å². The first-order valence-corrected chi connectivity index (χ1v) is 7.56. The summed E-state index contributed by atoms with van der Waals surface area (Å²) >= 11 is 3.12. The molecule has 1 aromatic heterocycles. The molecule has 106 valence electrons. The third kappa shape index (κ3) is 3.56. The minimum Gasteiger partial charge on any atom is -0.478 e. The number of ether oxygens (including phenoxy) is 1. The first kappa shape index (κ1) is 15.4. The van der Waals surface area contributed by atoms with Crippen molar-refractivity contribution in [2.75, 3.05) is 6.61 Å². The van der Waals surface area contributed by atoms with Crippen molar-refractivity contribution in [1.29, 1.82) is 5.26 Å². The van der Waals surface area contributed by atoms with E-state index in [1.807, 2.05) is 28.7 Å². The van der Waals surface area contributed by atoms with Crippen molar-refractivity contribution in [1.82, 2.24) is 0 Å². The van der Waals surface area contributed by atoms with E-state index in [0.29, 0.717) is 8.45 Å². The number of rotatable bonds is 5. The van der Waals surface area contributed by atoms with Crippen LogP contribution in [0, 0.1) is 25.0 Å². The van der Waals surface area contributed by atoms with Gasteiger partial charge < -0.3 is 4.74 Å². The number of nitrogens with zero attached hydrogens (tertiary/aromatic N) is 2. The maximum Gasteiger partial charge on any atom is 0.313 e. The Hall–Kier alpha value is -1.99. The molecular weight excluding hydrogens is 407 g/mol. The van der Waals surface area contributed by atoms with Crippen LogP contribution in [0.4, 0.5) is 5.69 Å². The third-order valence-corrected chi connectivity index (χ3v) is 4.21. The first-order valence-electron chi connectivity index (χ1n) is 5.60. The molecule has 2 rings (SSSR count). The van der Waals surface area contributed by atoms with Gasteiger partial charge in [-0.3, -0.25) is 14.9 Å². The van der Waals surface area contributed by atoms with Gasteiger partial charge in [-0.1, -0.05) is 6.07 Å². The molecule has 0 atom stereocenters. The summed E-state index contributed by atoms with van der Waals surface area (Å²) in [6.45, 7) is -0.288. The number of carbonyl (C=O) groups is 1. The predicted octanol–water partition coefficient (Wildman–Crippen LogP) is 3.39. The number of carbonyl (C=O) groups excluding carboxylic acids is 1. The van der Waals surface area contributed by atoms with Gasteiger partial charge in [0.2, 0.25) is 11.5 Å². The van der Waals surface area contributed by atoms with Gasteiger partial charge in [-0.05, 0) is 40.1 Å². The quantitative estimate of drug-likeness (QED) is 0.324. The van der Waals surface area contributed by atoms with E-state index < -0.39 is 4.92 Å². The Morgan fingerprint density at radius 2 is 2.29 bits per heavy atom. The molecule has 0 amide bonds. The predicted molar refractivity (Wildman–Crippen MR) is 84.7 cm³/mol. The monoisotopic (exact) mass is 414 g/mol. The Balaban J connectivity index is 2.25. The highest BCUT2D eigenvalue weighted by Gasteiger charge is 2.21. The van der Waals surface area contributed by atoms with Gasteiger partial charge in [0.1, 0.15) is 0 Å². The number of ketones is 1. The summed E-state index contributed by atoms with van der Waals surface area (Å²) in [6, 6.07) is 7.85. The summed E-state index contributed by atoms with van der Waals surface area (Å²) < 4.78 is 5.73. The van der Waals surface area contributed by atoms with Crippen molar-refractivity contribution >= 4 is 45.4 Å². The molecule has 1 aromatic carbocycles. The second-order valence-electron chi connectivity index (χ2n) is 3.86. The third-order valence-electron chi connectivity index (χ3n) is 2.49. The lowest BCUT2D eigenvalue weighted by atomic mass is 10.2. The van der Waals surface area contributed by atoms with Gasteiger partial charge >= 0.3 is 5.69 Å².